The first-order valence-corrected chi connectivity index (χ1v) is 10.3. The standard InChI is InChI=1S/C23H26FN9/c1-29-8-7-20(27)18-5-4-17(16-3-6-21(24)30-14-16)22(19(18)13-25)32-9-11-33(12-10-32)23(28)31(2)15-26/h3-8,14-15,26,28H,9-12,27H2,1-2H3/b20-7-,26-15?,28-23?,29-8?. The second-order valence-electron chi connectivity index (χ2n) is 7.43. The third-order valence-electron chi connectivity index (χ3n) is 5.47. The molecule has 1 aliphatic heterocycles. The Morgan fingerprint density at radius 3 is 2.58 bits per heavy atom. The zero-order chi connectivity index (χ0) is 24.0. The molecule has 0 spiro atoms. The molecule has 0 aliphatic carbocycles. The number of rotatable bonds is 5. The highest BCUT2D eigenvalue weighted by molar-refractivity contribution is 5.91. The number of nitrogens with one attached hydrogen (secondary N) is 2. The molecule has 0 radical (unpaired) electrons. The molecule has 1 saturated heterocycles. The highest BCUT2D eigenvalue weighted by Gasteiger charge is 2.26. The van der Waals surface area contributed by atoms with Crippen molar-refractivity contribution < 1.29 is 4.39 Å². The lowest BCUT2D eigenvalue weighted by Gasteiger charge is -2.39. The smallest absolute Gasteiger partial charge is 0.212 e. The van der Waals surface area contributed by atoms with Gasteiger partial charge in [-0.15, -0.1) is 0 Å². The van der Waals surface area contributed by atoms with Crippen LogP contribution in [0.3, 0.4) is 0 Å². The molecule has 33 heavy (non-hydrogen) atoms. The number of aliphatic imine (C=N–C) groups is 1. The minimum atomic E-state index is -0.578. The molecule has 1 aliphatic rings. The van der Waals surface area contributed by atoms with Crippen molar-refractivity contribution in [2.75, 3.05) is 45.2 Å². The van der Waals surface area contributed by atoms with Gasteiger partial charge in [0.15, 0.2) is 5.96 Å². The van der Waals surface area contributed by atoms with E-state index in [-0.39, 0.29) is 5.96 Å². The van der Waals surface area contributed by atoms with Gasteiger partial charge in [-0.1, -0.05) is 12.1 Å². The summed E-state index contributed by atoms with van der Waals surface area (Å²) in [6.07, 6.45) is 5.76. The molecule has 0 unspecified atom stereocenters. The minimum Gasteiger partial charge on any atom is -0.398 e. The molecule has 2 heterocycles. The van der Waals surface area contributed by atoms with Crippen LogP contribution in [-0.2, 0) is 0 Å². The summed E-state index contributed by atoms with van der Waals surface area (Å²) in [4.78, 5) is 13.1. The number of halogens is 1. The molecule has 9 nitrogen and oxygen atoms in total. The van der Waals surface area contributed by atoms with E-state index in [4.69, 9.17) is 16.6 Å². The highest BCUT2D eigenvalue weighted by Crippen LogP contribution is 2.37. The predicted molar refractivity (Wildman–Crippen MR) is 129 cm³/mol. The van der Waals surface area contributed by atoms with E-state index >= 15 is 0 Å². The van der Waals surface area contributed by atoms with Gasteiger partial charge < -0.3 is 20.4 Å². The molecule has 3 rings (SSSR count). The van der Waals surface area contributed by atoms with Gasteiger partial charge in [0.25, 0.3) is 0 Å². The lowest BCUT2D eigenvalue weighted by atomic mass is 9.94. The lowest BCUT2D eigenvalue weighted by Crippen LogP contribution is -2.52. The van der Waals surface area contributed by atoms with Crippen molar-refractivity contribution in [1.29, 1.82) is 16.1 Å². The second-order valence-corrected chi connectivity index (χ2v) is 7.43. The maximum atomic E-state index is 13.4. The minimum absolute atomic E-state index is 0.243. The maximum Gasteiger partial charge on any atom is 0.212 e. The number of piperazine rings is 1. The third-order valence-corrected chi connectivity index (χ3v) is 5.47. The largest absolute Gasteiger partial charge is 0.398 e. The average molecular weight is 448 g/mol. The fraction of sp³-hybridized carbons (Fsp3) is 0.261. The lowest BCUT2D eigenvalue weighted by molar-refractivity contribution is 0.355. The van der Waals surface area contributed by atoms with Crippen LogP contribution < -0.4 is 10.6 Å². The van der Waals surface area contributed by atoms with E-state index in [0.717, 1.165) is 11.9 Å². The van der Waals surface area contributed by atoms with Gasteiger partial charge in [0.1, 0.15) is 6.07 Å². The molecule has 0 saturated carbocycles. The van der Waals surface area contributed by atoms with Gasteiger partial charge in [-0.25, -0.2) is 4.98 Å². The van der Waals surface area contributed by atoms with Gasteiger partial charge >= 0.3 is 0 Å². The van der Waals surface area contributed by atoms with Crippen LogP contribution in [0, 0.1) is 28.1 Å². The number of nitrogens with zero attached hydrogens (tertiary/aromatic N) is 6. The Morgan fingerprint density at radius 1 is 1.27 bits per heavy atom. The van der Waals surface area contributed by atoms with E-state index in [1.165, 1.54) is 17.2 Å². The van der Waals surface area contributed by atoms with Crippen LogP contribution >= 0.6 is 0 Å². The molecule has 0 amide bonds. The van der Waals surface area contributed by atoms with Crippen molar-refractivity contribution in [2.24, 2.45) is 10.7 Å². The zero-order valence-electron chi connectivity index (χ0n) is 18.6. The molecular weight excluding hydrogens is 421 g/mol. The van der Waals surface area contributed by atoms with Gasteiger partial charge in [-0.05, 0) is 18.2 Å². The van der Waals surface area contributed by atoms with E-state index in [2.05, 4.69) is 20.9 Å². The molecule has 0 atom stereocenters. The number of benzene rings is 1. The summed E-state index contributed by atoms with van der Waals surface area (Å²) in [6, 6.07) is 8.87. The zero-order valence-corrected chi connectivity index (χ0v) is 18.6. The molecule has 1 fully saturated rings. The fourth-order valence-electron chi connectivity index (χ4n) is 3.71. The Morgan fingerprint density at radius 2 is 2.00 bits per heavy atom. The number of guanidine groups is 1. The van der Waals surface area contributed by atoms with E-state index in [1.807, 2.05) is 11.0 Å². The van der Waals surface area contributed by atoms with E-state index in [0.29, 0.717) is 54.3 Å². The SMILES string of the molecule is CN=C/C=C(\N)c1ccc(-c2ccc(F)nc2)c(N2CCN(C(=N)N(C)C=N)CC2)c1C#N. The number of hydrogen-bond donors (Lipinski definition) is 3. The predicted octanol–water partition coefficient (Wildman–Crippen LogP) is 2.36. The Bertz CT molecular complexity index is 1120. The summed E-state index contributed by atoms with van der Waals surface area (Å²) >= 11 is 0. The van der Waals surface area contributed by atoms with Crippen LogP contribution in [0.5, 0.6) is 0 Å². The van der Waals surface area contributed by atoms with Gasteiger partial charge in [0.2, 0.25) is 5.95 Å². The van der Waals surface area contributed by atoms with Crippen LogP contribution in [0.1, 0.15) is 11.1 Å². The summed E-state index contributed by atoms with van der Waals surface area (Å²) in [7, 11) is 3.30. The molecule has 1 aromatic carbocycles. The van der Waals surface area contributed by atoms with Crippen molar-refractivity contribution in [1.82, 2.24) is 14.8 Å². The van der Waals surface area contributed by atoms with Gasteiger partial charge in [-0.3, -0.25) is 15.8 Å². The van der Waals surface area contributed by atoms with E-state index in [1.54, 1.807) is 38.5 Å². The summed E-state index contributed by atoms with van der Waals surface area (Å²) in [5.74, 6) is -0.334. The van der Waals surface area contributed by atoms with Crippen LogP contribution in [0.4, 0.5) is 10.1 Å². The quantitative estimate of drug-likeness (QED) is 0.366. The number of aromatic nitrogens is 1. The van der Waals surface area contributed by atoms with Crippen molar-refractivity contribution in [3.05, 3.63) is 53.6 Å². The molecule has 2 aromatic rings. The number of pyridine rings is 1. The van der Waals surface area contributed by atoms with Gasteiger partial charge in [0.05, 0.1) is 17.6 Å². The molecule has 10 heteroatoms. The first-order chi connectivity index (χ1) is 15.9. The number of nitrogens with two attached hydrogens (primary N) is 1. The monoisotopic (exact) mass is 447 g/mol. The normalized spacial score (nSPS) is 14.3. The molecule has 4 N–H and O–H groups in total. The van der Waals surface area contributed by atoms with Crippen molar-refractivity contribution in [2.45, 2.75) is 0 Å². The molecule has 0 bridgehead atoms. The first-order valence-electron chi connectivity index (χ1n) is 10.3. The maximum absolute atomic E-state index is 13.4. The number of anilines is 1. The Balaban J connectivity index is 2.07. The first kappa shape index (κ1) is 23.4. The summed E-state index contributed by atoms with van der Waals surface area (Å²) in [5, 5.41) is 25.7. The van der Waals surface area contributed by atoms with Gasteiger partial charge in [-0.2, -0.15) is 9.65 Å². The van der Waals surface area contributed by atoms with E-state index < -0.39 is 5.95 Å². The van der Waals surface area contributed by atoms with Gasteiger partial charge in [0, 0.05) is 75.1 Å². The Labute approximate surface area is 192 Å². The fourth-order valence-corrected chi connectivity index (χ4v) is 3.71. The second kappa shape index (κ2) is 10.4. The number of hydrogen-bond acceptors (Lipinski definition) is 7. The third kappa shape index (κ3) is 4.98. The molecule has 170 valence electrons. The number of nitriles is 1. The van der Waals surface area contributed by atoms with Crippen molar-refractivity contribution in [3.8, 4) is 17.2 Å². The topological polar surface area (TPSA) is 132 Å². The summed E-state index contributed by atoms with van der Waals surface area (Å²) in [6.45, 7) is 2.18. The van der Waals surface area contributed by atoms with Crippen LogP contribution in [0.2, 0.25) is 0 Å². The Kier molecular flexibility index (Phi) is 7.35. The molecular formula is C23H26FN9. The van der Waals surface area contributed by atoms with Crippen LogP contribution in [0.15, 0.2) is 41.5 Å². The van der Waals surface area contributed by atoms with Crippen LogP contribution in [0.25, 0.3) is 16.8 Å². The highest BCUT2D eigenvalue weighted by atomic mass is 19.1. The average Bonchev–Trinajstić information content (AvgIpc) is 2.86. The number of allylic oxidation sites excluding steroid dienone is 1. The summed E-state index contributed by atoms with van der Waals surface area (Å²) < 4.78 is 13.4. The Hall–Kier alpha value is -4.26. The molecule has 1 aromatic heterocycles. The van der Waals surface area contributed by atoms with Crippen molar-refractivity contribution in [3.63, 3.8) is 0 Å². The van der Waals surface area contributed by atoms with E-state index in [9.17, 15) is 9.65 Å². The van der Waals surface area contributed by atoms with Crippen molar-refractivity contribution >= 4 is 29.9 Å². The van der Waals surface area contributed by atoms with Crippen LogP contribution in [-0.4, -0.2) is 73.6 Å². The summed E-state index contributed by atoms with van der Waals surface area (Å²) in [5.41, 5.74) is 9.79.